The zero-order valence-corrected chi connectivity index (χ0v) is 9.69. The first kappa shape index (κ1) is 11.4. The summed E-state index contributed by atoms with van der Waals surface area (Å²) in [6, 6.07) is 17.3. The Morgan fingerprint density at radius 1 is 0.941 bits per heavy atom. The standard InChI is InChI=1S/C13H10.C2H6N2/c1-3-7-12-10(5-1)9-11-6-2-4-8-13(11)12;1-2-4-3/h1-8H,9H2;2,4H,1,3H2. The Morgan fingerprint density at radius 3 is 1.76 bits per heavy atom. The molecule has 3 rings (SSSR count). The van der Waals surface area contributed by atoms with Gasteiger partial charge in [-0.25, -0.2) is 0 Å². The Morgan fingerprint density at radius 2 is 1.35 bits per heavy atom. The molecule has 0 aromatic heterocycles. The quantitative estimate of drug-likeness (QED) is 0.492. The fourth-order valence-corrected chi connectivity index (χ4v) is 2.08. The smallest absolute Gasteiger partial charge is 0.00506 e. The number of hydrogen-bond donors (Lipinski definition) is 2. The fourth-order valence-electron chi connectivity index (χ4n) is 2.08. The van der Waals surface area contributed by atoms with Gasteiger partial charge in [0.25, 0.3) is 0 Å². The van der Waals surface area contributed by atoms with E-state index in [0.717, 1.165) is 6.42 Å². The molecule has 0 bridgehead atoms. The number of fused-ring (bicyclic) bond motifs is 3. The molecular weight excluding hydrogens is 208 g/mol. The van der Waals surface area contributed by atoms with Crippen LogP contribution in [0, 0.1) is 0 Å². The van der Waals surface area contributed by atoms with Crippen molar-refractivity contribution in [2.75, 3.05) is 0 Å². The number of hydrogen-bond acceptors (Lipinski definition) is 2. The van der Waals surface area contributed by atoms with E-state index in [2.05, 4.69) is 66.4 Å². The highest BCUT2D eigenvalue weighted by Crippen LogP contribution is 2.35. The SMILES string of the molecule is C=CNN.c1ccc2c(c1)Cc1ccccc1-2. The summed E-state index contributed by atoms with van der Waals surface area (Å²) in [4.78, 5) is 0. The summed E-state index contributed by atoms with van der Waals surface area (Å²) in [5, 5.41) is 0. The lowest BCUT2D eigenvalue weighted by Gasteiger charge is -1.98. The third-order valence-corrected chi connectivity index (χ3v) is 2.82. The van der Waals surface area contributed by atoms with E-state index in [1.54, 1.807) is 0 Å². The first-order chi connectivity index (χ1) is 8.36. The van der Waals surface area contributed by atoms with Gasteiger partial charge >= 0.3 is 0 Å². The molecule has 0 atom stereocenters. The van der Waals surface area contributed by atoms with Gasteiger partial charge in [-0.3, -0.25) is 5.84 Å². The molecule has 0 radical (unpaired) electrons. The Hall–Kier alpha value is -2.06. The van der Waals surface area contributed by atoms with Gasteiger partial charge in [0.2, 0.25) is 0 Å². The zero-order valence-electron chi connectivity index (χ0n) is 9.69. The molecule has 2 heteroatoms. The minimum absolute atomic E-state index is 1.10. The third-order valence-electron chi connectivity index (χ3n) is 2.82. The van der Waals surface area contributed by atoms with Gasteiger partial charge in [0.1, 0.15) is 0 Å². The second kappa shape index (κ2) is 5.32. The van der Waals surface area contributed by atoms with Crippen LogP contribution in [0.1, 0.15) is 11.1 Å². The van der Waals surface area contributed by atoms with Crippen LogP contribution in [-0.2, 0) is 6.42 Å². The largest absolute Gasteiger partial charge is 0.332 e. The van der Waals surface area contributed by atoms with Crippen LogP contribution in [0.15, 0.2) is 61.3 Å². The number of hydrazine groups is 1. The van der Waals surface area contributed by atoms with E-state index in [0.29, 0.717) is 0 Å². The van der Waals surface area contributed by atoms with E-state index in [9.17, 15) is 0 Å². The molecule has 17 heavy (non-hydrogen) atoms. The first-order valence-electron chi connectivity index (χ1n) is 5.60. The first-order valence-corrected chi connectivity index (χ1v) is 5.60. The molecule has 0 saturated heterocycles. The molecular formula is C15H16N2. The van der Waals surface area contributed by atoms with Gasteiger partial charge in [-0.2, -0.15) is 0 Å². The molecule has 0 fully saturated rings. The Labute approximate surface area is 102 Å². The summed E-state index contributed by atoms with van der Waals surface area (Å²) in [7, 11) is 0. The fraction of sp³-hybridized carbons (Fsp3) is 0.0667. The molecule has 1 aliphatic carbocycles. The highest BCUT2D eigenvalue weighted by molar-refractivity contribution is 5.76. The van der Waals surface area contributed by atoms with Crippen LogP contribution in [0.3, 0.4) is 0 Å². The average Bonchev–Trinajstić information content (AvgIpc) is 2.77. The van der Waals surface area contributed by atoms with Crippen molar-refractivity contribution in [3.63, 3.8) is 0 Å². The second-order valence-corrected chi connectivity index (χ2v) is 3.86. The van der Waals surface area contributed by atoms with Crippen molar-refractivity contribution in [3.8, 4) is 11.1 Å². The molecule has 0 aliphatic heterocycles. The van der Waals surface area contributed by atoms with E-state index in [1.165, 1.54) is 28.5 Å². The Balaban J connectivity index is 0.000000239. The highest BCUT2D eigenvalue weighted by Gasteiger charge is 2.15. The van der Waals surface area contributed by atoms with Gasteiger partial charge in [-0.15, -0.1) is 0 Å². The number of rotatable bonds is 1. The summed E-state index contributed by atoms with van der Waals surface area (Å²) in [5.74, 6) is 4.66. The maximum Gasteiger partial charge on any atom is 0.00506 e. The van der Waals surface area contributed by atoms with Crippen LogP contribution in [0.2, 0.25) is 0 Å². The molecule has 0 unspecified atom stereocenters. The van der Waals surface area contributed by atoms with Crippen molar-refractivity contribution in [1.82, 2.24) is 5.43 Å². The van der Waals surface area contributed by atoms with E-state index in [-0.39, 0.29) is 0 Å². The summed E-state index contributed by atoms with van der Waals surface area (Å²) in [6.07, 6.45) is 2.51. The molecule has 2 nitrogen and oxygen atoms in total. The lowest BCUT2D eigenvalue weighted by atomic mass is 10.1. The number of benzene rings is 2. The minimum atomic E-state index is 1.10. The van der Waals surface area contributed by atoms with Crippen molar-refractivity contribution in [2.24, 2.45) is 5.84 Å². The third kappa shape index (κ3) is 2.37. The molecule has 0 amide bonds. The molecule has 3 N–H and O–H groups in total. The van der Waals surface area contributed by atoms with E-state index in [4.69, 9.17) is 0 Å². The maximum absolute atomic E-state index is 4.66. The maximum atomic E-state index is 4.66. The second-order valence-electron chi connectivity index (χ2n) is 3.86. The summed E-state index contributed by atoms with van der Waals surface area (Å²) in [6.45, 7) is 3.24. The predicted molar refractivity (Wildman–Crippen MR) is 72.2 cm³/mol. The van der Waals surface area contributed by atoms with Crippen molar-refractivity contribution < 1.29 is 0 Å². The molecule has 2 aromatic rings. The Bertz CT molecular complexity index is 474. The van der Waals surface area contributed by atoms with Crippen molar-refractivity contribution in [1.29, 1.82) is 0 Å². The van der Waals surface area contributed by atoms with Crippen LogP contribution in [-0.4, -0.2) is 0 Å². The van der Waals surface area contributed by atoms with Gasteiger partial charge in [0, 0.05) is 6.20 Å². The van der Waals surface area contributed by atoms with Gasteiger partial charge in [0.15, 0.2) is 0 Å². The summed E-state index contributed by atoms with van der Waals surface area (Å²) >= 11 is 0. The molecule has 1 aliphatic rings. The van der Waals surface area contributed by atoms with Crippen LogP contribution in [0.5, 0.6) is 0 Å². The summed E-state index contributed by atoms with van der Waals surface area (Å²) in [5.41, 5.74) is 7.95. The zero-order chi connectivity index (χ0) is 12.1. The van der Waals surface area contributed by atoms with Crippen molar-refractivity contribution in [2.45, 2.75) is 6.42 Å². The van der Waals surface area contributed by atoms with Crippen molar-refractivity contribution in [3.05, 3.63) is 72.4 Å². The molecule has 0 saturated carbocycles. The van der Waals surface area contributed by atoms with Crippen LogP contribution in [0.25, 0.3) is 11.1 Å². The predicted octanol–water partition coefficient (Wildman–Crippen LogP) is 2.85. The van der Waals surface area contributed by atoms with Gasteiger partial charge in [-0.1, -0.05) is 55.1 Å². The van der Waals surface area contributed by atoms with Crippen molar-refractivity contribution >= 4 is 0 Å². The average molecular weight is 224 g/mol. The van der Waals surface area contributed by atoms with Gasteiger partial charge < -0.3 is 5.43 Å². The number of nitrogens with one attached hydrogen (secondary N) is 1. The van der Waals surface area contributed by atoms with E-state index in [1.807, 2.05) is 0 Å². The van der Waals surface area contributed by atoms with Crippen LogP contribution < -0.4 is 11.3 Å². The molecule has 86 valence electrons. The minimum Gasteiger partial charge on any atom is -0.332 e. The highest BCUT2D eigenvalue weighted by atomic mass is 15.2. The Kier molecular flexibility index (Phi) is 3.58. The topological polar surface area (TPSA) is 38.0 Å². The summed E-state index contributed by atoms with van der Waals surface area (Å²) < 4.78 is 0. The normalized spacial score (nSPS) is 10.6. The lowest BCUT2D eigenvalue weighted by molar-refractivity contribution is 0.972. The van der Waals surface area contributed by atoms with Crippen LogP contribution >= 0.6 is 0 Å². The van der Waals surface area contributed by atoms with Gasteiger partial charge in [-0.05, 0) is 28.7 Å². The monoisotopic (exact) mass is 224 g/mol. The van der Waals surface area contributed by atoms with E-state index < -0.39 is 0 Å². The lowest BCUT2D eigenvalue weighted by Crippen LogP contribution is -2.11. The van der Waals surface area contributed by atoms with Crippen LogP contribution in [0.4, 0.5) is 0 Å². The molecule has 2 aromatic carbocycles. The molecule has 0 heterocycles. The van der Waals surface area contributed by atoms with Gasteiger partial charge in [0.05, 0.1) is 0 Å². The molecule has 0 spiro atoms. The number of nitrogens with two attached hydrogens (primary N) is 1. The van der Waals surface area contributed by atoms with E-state index >= 15 is 0 Å².